The van der Waals surface area contributed by atoms with Gasteiger partial charge in [0.1, 0.15) is 6.54 Å². The molecule has 0 atom stereocenters. The number of carbonyl (C=O) groups is 2. The number of esters is 1. The van der Waals surface area contributed by atoms with E-state index in [0.29, 0.717) is 16.0 Å². The van der Waals surface area contributed by atoms with Crippen LogP contribution in [0.25, 0.3) is 10.8 Å². The number of Topliss-reactive ketones (excluding diaryl/α,β-unsaturated/α-hetero) is 1. The molecule has 1 aliphatic rings. The first-order valence-electron chi connectivity index (χ1n) is 8.17. The molecule has 2 heterocycles. The highest BCUT2D eigenvalue weighted by Gasteiger charge is 2.37. The Balaban J connectivity index is 1.52. The average Bonchev–Trinajstić information content (AvgIpc) is 3.17. The first-order valence-corrected chi connectivity index (χ1v) is 10.4. The van der Waals surface area contributed by atoms with Gasteiger partial charge in [-0.05, 0) is 36.6 Å². The second-order valence-electron chi connectivity index (χ2n) is 6.14. The number of rotatable bonds is 5. The quantitative estimate of drug-likeness (QED) is 0.485. The molecule has 3 aromatic rings. The molecule has 1 aliphatic heterocycles. The lowest BCUT2D eigenvalue weighted by molar-refractivity contribution is -0.140. The van der Waals surface area contributed by atoms with Crippen molar-refractivity contribution in [3.05, 3.63) is 58.3 Å². The Labute approximate surface area is 160 Å². The van der Waals surface area contributed by atoms with Crippen LogP contribution in [0.4, 0.5) is 5.69 Å². The summed E-state index contributed by atoms with van der Waals surface area (Å²) in [5.41, 5.74) is 0.445. The van der Waals surface area contributed by atoms with Gasteiger partial charge in [0.15, 0.2) is 6.61 Å². The van der Waals surface area contributed by atoms with Crippen molar-refractivity contribution >= 4 is 49.6 Å². The topological polar surface area (TPSA) is 80.8 Å². The lowest BCUT2D eigenvalue weighted by atomic mass is 10.1. The number of hydrogen-bond donors (Lipinski definition) is 0. The maximum atomic E-state index is 12.8. The van der Waals surface area contributed by atoms with Gasteiger partial charge < -0.3 is 4.74 Å². The van der Waals surface area contributed by atoms with E-state index in [9.17, 15) is 18.0 Å². The van der Waals surface area contributed by atoms with Gasteiger partial charge in [0, 0.05) is 10.3 Å². The van der Waals surface area contributed by atoms with E-state index >= 15 is 0 Å². The number of thiophene rings is 1. The highest BCUT2D eigenvalue weighted by Crippen LogP contribution is 2.41. The fraction of sp³-hybridized carbons (Fsp3) is 0.158. The van der Waals surface area contributed by atoms with Crippen molar-refractivity contribution in [3.8, 4) is 0 Å². The molecular weight excluding hydrogens is 386 g/mol. The van der Waals surface area contributed by atoms with Crippen LogP contribution < -0.4 is 4.31 Å². The van der Waals surface area contributed by atoms with Crippen molar-refractivity contribution in [2.24, 2.45) is 0 Å². The van der Waals surface area contributed by atoms with Crippen molar-refractivity contribution < 1.29 is 22.7 Å². The van der Waals surface area contributed by atoms with Gasteiger partial charge in [-0.25, -0.2) is 8.42 Å². The molecule has 2 aromatic carbocycles. The number of hydrogen-bond acceptors (Lipinski definition) is 6. The molecule has 0 unspecified atom stereocenters. The highest BCUT2D eigenvalue weighted by atomic mass is 32.2. The van der Waals surface area contributed by atoms with Crippen LogP contribution >= 0.6 is 11.3 Å². The minimum atomic E-state index is -3.83. The molecule has 0 radical (unpaired) electrons. The van der Waals surface area contributed by atoms with E-state index in [4.69, 9.17) is 4.74 Å². The molecule has 0 N–H and O–H groups in total. The van der Waals surface area contributed by atoms with E-state index in [1.165, 1.54) is 17.4 Å². The Morgan fingerprint density at radius 1 is 1.07 bits per heavy atom. The Kier molecular flexibility index (Phi) is 4.24. The van der Waals surface area contributed by atoms with Crippen LogP contribution in [-0.4, -0.2) is 33.3 Å². The molecule has 1 aromatic heterocycles. The zero-order valence-corrected chi connectivity index (χ0v) is 16.0. The average molecular weight is 401 g/mol. The number of ketones is 1. The molecule has 0 saturated carbocycles. The van der Waals surface area contributed by atoms with Gasteiger partial charge in [0.05, 0.1) is 15.5 Å². The van der Waals surface area contributed by atoms with Crippen molar-refractivity contribution in [1.82, 2.24) is 0 Å². The molecule has 0 aliphatic carbocycles. The van der Waals surface area contributed by atoms with E-state index < -0.39 is 29.1 Å². The maximum absolute atomic E-state index is 12.8. The van der Waals surface area contributed by atoms with Crippen LogP contribution in [0.15, 0.2) is 53.4 Å². The van der Waals surface area contributed by atoms with Crippen molar-refractivity contribution in [1.29, 1.82) is 0 Å². The van der Waals surface area contributed by atoms with E-state index in [2.05, 4.69) is 0 Å². The fourth-order valence-corrected chi connectivity index (χ4v) is 5.54. The lowest BCUT2D eigenvalue weighted by Gasteiger charge is -2.17. The smallest absolute Gasteiger partial charge is 0.327 e. The second-order valence-corrected chi connectivity index (χ2v) is 9.26. The summed E-state index contributed by atoms with van der Waals surface area (Å²) in [6.45, 7) is 0.987. The highest BCUT2D eigenvalue weighted by molar-refractivity contribution is 7.93. The Bertz CT molecular complexity index is 1170. The predicted octanol–water partition coefficient (Wildman–Crippen LogP) is 3.14. The summed E-state index contributed by atoms with van der Waals surface area (Å²) in [7, 11) is -3.83. The monoisotopic (exact) mass is 401 g/mol. The van der Waals surface area contributed by atoms with E-state index in [-0.39, 0.29) is 10.7 Å². The van der Waals surface area contributed by atoms with Crippen LogP contribution in [0.3, 0.4) is 0 Å². The van der Waals surface area contributed by atoms with Gasteiger partial charge >= 0.3 is 5.97 Å². The van der Waals surface area contributed by atoms with E-state index in [1.807, 2.05) is 25.1 Å². The largest absolute Gasteiger partial charge is 0.456 e. The van der Waals surface area contributed by atoms with Crippen LogP contribution in [0.2, 0.25) is 0 Å². The number of sulfonamides is 1. The Hall–Kier alpha value is -2.71. The van der Waals surface area contributed by atoms with Crippen molar-refractivity contribution in [2.45, 2.75) is 11.8 Å². The number of benzene rings is 2. The molecule has 6 nitrogen and oxygen atoms in total. The zero-order chi connectivity index (χ0) is 19.2. The van der Waals surface area contributed by atoms with E-state index in [0.717, 1.165) is 14.6 Å². The van der Waals surface area contributed by atoms with Gasteiger partial charge in [0.2, 0.25) is 5.78 Å². The van der Waals surface area contributed by atoms with Crippen LogP contribution in [-0.2, 0) is 19.6 Å². The number of ether oxygens (including phenoxy) is 1. The summed E-state index contributed by atoms with van der Waals surface area (Å²) in [6, 6.07) is 13.7. The Morgan fingerprint density at radius 3 is 2.52 bits per heavy atom. The molecule has 0 spiro atoms. The maximum Gasteiger partial charge on any atom is 0.327 e. The van der Waals surface area contributed by atoms with Crippen LogP contribution in [0, 0.1) is 6.92 Å². The van der Waals surface area contributed by atoms with Gasteiger partial charge in [-0.3, -0.25) is 13.9 Å². The van der Waals surface area contributed by atoms with Crippen molar-refractivity contribution in [2.75, 3.05) is 17.5 Å². The molecule has 27 heavy (non-hydrogen) atoms. The summed E-state index contributed by atoms with van der Waals surface area (Å²) < 4.78 is 31.7. The predicted molar refractivity (Wildman–Crippen MR) is 103 cm³/mol. The molecule has 0 saturated heterocycles. The summed E-state index contributed by atoms with van der Waals surface area (Å²) in [6.07, 6.45) is 0. The lowest BCUT2D eigenvalue weighted by Crippen LogP contribution is -2.34. The SMILES string of the molecule is Cc1ccc(C(=O)COC(=O)CN2c3cccc4cccc(c34)S2(=O)=O)s1. The molecule has 0 bridgehead atoms. The molecule has 8 heteroatoms. The van der Waals surface area contributed by atoms with Gasteiger partial charge in [-0.15, -0.1) is 11.3 Å². The number of aryl methyl sites for hydroxylation is 1. The first-order chi connectivity index (χ1) is 12.9. The van der Waals surface area contributed by atoms with E-state index in [1.54, 1.807) is 24.3 Å². The van der Waals surface area contributed by atoms with Gasteiger partial charge in [-0.2, -0.15) is 0 Å². The normalized spacial score (nSPS) is 14.5. The second kappa shape index (κ2) is 6.47. The summed E-state index contributed by atoms with van der Waals surface area (Å²) >= 11 is 1.32. The minimum Gasteiger partial charge on any atom is -0.456 e. The standard InChI is InChI=1S/C19H15NO5S2/c1-12-8-9-16(26-12)15(21)11-25-18(22)10-20-14-6-2-4-13-5-3-7-17(19(13)14)27(20,23)24/h2-9H,10-11H2,1H3. The fourth-order valence-electron chi connectivity index (χ4n) is 3.09. The molecule has 0 amide bonds. The first kappa shape index (κ1) is 17.7. The third kappa shape index (κ3) is 3.00. The molecular formula is C19H15NO5S2. The summed E-state index contributed by atoms with van der Waals surface area (Å²) in [5.74, 6) is -1.08. The van der Waals surface area contributed by atoms with Gasteiger partial charge in [0.25, 0.3) is 10.0 Å². The third-order valence-corrected chi connectivity index (χ3v) is 7.18. The Morgan fingerprint density at radius 2 is 1.81 bits per heavy atom. The van der Waals surface area contributed by atoms with Crippen LogP contribution in [0.1, 0.15) is 14.5 Å². The van der Waals surface area contributed by atoms with Crippen LogP contribution in [0.5, 0.6) is 0 Å². The molecule has 0 fully saturated rings. The zero-order valence-electron chi connectivity index (χ0n) is 14.3. The summed E-state index contributed by atoms with van der Waals surface area (Å²) in [5, 5.41) is 1.38. The number of anilines is 1. The van der Waals surface area contributed by atoms with Crippen molar-refractivity contribution in [3.63, 3.8) is 0 Å². The molecule has 4 rings (SSSR count). The van der Waals surface area contributed by atoms with Gasteiger partial charge in [-0.1, -0.05) is 24.3 Å². The minimum absolute atomic E-state index is 0.175. The summed E-state index contributed by atoms with van der Waals surface area (Å²) in [4.78, 5) is 25.9. The third-order valence-electron chi connectivity index (χ3n) is 4.33. The number of carbonyl (C=O) groups excluding carboxylic acids is 2. The number of nitrogens with zero attached hydrogens (tertiary/aromatic N) is 1. The molecule has 138 valence electrons.